The van der Waals surface area contributed by atoms with Gasteiger partial charge in [0.1, 0.15) is 5.56 Å². The molecule has 1 amide bonds. The van der Waals surface area contributed by atoms with Gasteiger partial charge in [-0.3, -0.25) is 14.9 Å². The molecule has 0 radical (unpaired) electrons. The van der Waals surface area contributed by atoms with Gasteiger partial charge in [0.05, 0.1) is 4.92 Å². The van der Waals surface area contributed by atoms with Gasteiger partial charge in [0, 0.05) is 75.7 Å². The first-order valence-corrected chi connectivity index (χ1v) is 13.8. The third-order valence-electron chi connectivity index (χ3n) is 7.83. The van der Waals surface area contributed by atoms with Gasteiger partial charge in [-0.25, -0.2) is 0 Å². The lowest BCUT2D eigenvalue weighted by Gasteiger charge is -2.37. The maximum absolute atomic E-state index is 13.3. The molecule has 1 N–H and O–H groups in total. The fraction of sp³-hybridized carbons (Fsp3) is 0.552. The summed E-state index contributed by atoms with van der Waals surface area (Å²) in [5.41, 5.74) is 0.609. The third kappa shape index (κ3) is 7.44. The molecule has 2 heterocycles. The molecule has 0 unspecified atom stereocenters. The van der Waals surface area contributed by atoms with E-state index in [1.807, 2.05) is 4.90 Å². The quantitative estimate of drug-likeness (QED) is 0.354. The highest BCUT2D eigenvalue weighted by atomic mass is 19.4. The standard InChI is InChI=1S/C29H38F3N5O3/c1-28(2,3)21-4-7-24(8-5-21)35-16-18-36(19-17-35)27(38)12-15-34-13-10-22(11-14-34)33-23-6-9-26(37(39)40)25(20-23)29(30,31)32/h4-9,20,22,33H,10-19H2,1-3H3. The van der Waals surface area contributed by atoms with Gasteiger partial charge in [-0.1, -0.05) is 32.9 Å². The van der Waals surface area contributed by atoms with Crippen LogP contribution in [0, 0.1) is 10.1 Å². The number of anilines is 2. The molecule has 2 saturated heterocycles. The van der Waals surface area contributed by atoms with E-state index in [-0.39, 0.29) is 23.1 Å². The topological polar surface area (TPSA) is 82.0 Å². The average Bonchev–Trinajstić information content (AvgIpc) is 2.91. The molecule has 0 aliphatic carbocycles. The van der Waals surface area contributed by atoms with Gasteiger partial charge in [-0.05, 0) is 48.1 Å². The van der Waals surface area contributed by atoms with Crippen molar-refractivity contribution in [1.29, 1.82) is 0 Å². The van der Waals surface area contributed by atoms with E-state index >= 15 is 0 Å². The number of amides is 1. The van der Waals surface area contributed by atoms with Gasteiger partial charge in [-0.2, -0.15) is 13.2 Å². The van der Waals surface area contributed by atoms with Crippen molar-refractivity contribution in [2.24, 2.45) is 0 Å². The summed E-state index contributed by atoms with van der Waals surface area (Å²) in [6.45, 7) is 11.7. The molecule has 2 aliphatic rings. The van der Waals surface area contributed by atoms with Gasteiger partial charge in [0.25, 0.3) is 5.69 Å². The molecular weight excluding hydrogens is 523 g/mol. The molecule has 8 nitrogen and oxygen atoms in total. The number of benzene rings is 2. The maximum Gasteiger partial charge on any atom is 0.423 e. The highest BCUT2D eigenvalue weighted by Gasteiger charge is 2.38. The predicted molar refractivity (Wildman–Crippen MR) is 150 cm³/mol. The normalized spacial score (nSPS) is 17.6. The SMILES string of the molecule is CC(C)(C)c1ccc(N2CCN(C(=O)CCN3CCC(Nc4ccc([N+](=O)[O-])c(C(F)(F)F)c4)CC3)CC2)cc1. The van der Waals surface area contributed by atoms with Gasteiger partial charge in [-0.15, -0.1) is 0 Å². The number of nitro benzene ring substituents is 1. The molecule has 218 valence electrons. The van der Waals surface area contributed by atoms with Crippen LogP contribution >= 0.6 is 0 Å². The Hall–Kier alpha value is -3.34. The summed E-state index contributed by atoms with van der Waals surface area (Å²) in [6, 6.07) is 11.7. The lowest BCUT2D eigenvalue weighted by molar-refractivity contribution is -0.388. The van der Waals surface area contributed by atoms with E-state index in [0.717, 1.165) is 38.3 Å². The minimum atomic E-state index is -4.81. The summed E-state index contributed by atoms with van der Waals surface area (Å²) in [5, 5.41) is 14.1. The zero-order valence-corrected chi connectivity index (χ0v) is 23.3. The number of nitrogens with zero attached hydrogens (tertiary/aromatic N) is 4. The van der Waals surface area contributed by atoms with Crippen molar-refractivity contribution in [1.82, 2.24) is 9.80 Å². The molecule has 0 aromatic heterocycles. The van der Waals surface area contributed by atoms with Crippen molar-refractivity contribution in [3.63, 3.8) is 0 Å². The van der Waals surface area contributed by atoms with Crippen LogP contribution in [-0.2, 0) is 16.4 Å². The lowest BCUT2D eigenvalue weighted by Crippen LogP contribution is -2.49. The van der Waals surface area contributed by atoms with Crippen LogP contribution < -0.4 is 10.2 Å². The van der Waals surface area contributed by atoms with Crippen LogP contribution in [0.1, 0.15) is 51.2 Å². The Kier molecular flexibility index (Phi) is 8.92. The maximum atomic E-state index is 13.3. The molecule has 40 heavy (non-hydrogen) atoms. The molecule has 2 aromatic carbocycles. The molecule has 0 bridgehead atoms. The van der Waals surface area contributed by atoms with Crippen molar-refractivity contribution in [3.8, 4) is 0 Å². The number of carbonyl (C=O) groups is 1. The smallest absolute Gasteiger partial charge is 0.382 e. The molecule has 2 aliphatic heterocycles. The first-order chi connectivity index (χ1) is 18.8. The lowest BCUT2D eigenvalue weighted by atomic mass is 9.87. The van der Waals surface area contributed by atoms with Crippen molar-refractivity contribution in [2.45, 2.75) is 57.7 Å². The highest BCUT2D eigenvalue weighted by molar-refractivity contribution is 5.76. The van der Waals surface area contributed by atoms with Crippen LogP contribution in [0.4, 0.5) is 30.2 Å². The summed E-state index contributed by atoms with van der Waals surface area (Å²) < 4.78 is 39.8. The number of hydrogen-bond donors (Lipinski definition) is 1. The van der Waals surface area contributed by atoms with E-state index in [9.17, 15) is 28.1 Å². The second-order valence-corrected chi connectivity index (χ2v) is 11.7. The Morgan fingerprint density at radius 1 is 0.975 bits per heavy atom. The number of piperazine rings is 1. The van der Waals surface area contributed by atoms with Crippen molar-refractivity contribution >= 4 is 23.0 Å². The summed E-state index contributed by atoms with van der Waals surface area (Å²) in [5.74, 6) is 0.147. The number of halogens is 3. The van der Waals surface area contributed by atoms with Gasteiger partial charge in [0.15, 0.2) is 0 Å². The van der Waals surface area contributed by atoms with Gasteiger partial charge >= 0.3 is 6.18 Å². The summed E-state index contributed by atoms with van der Waals surface area (Å²) in [6.07, 6.45) is -2.95. The number of piperidine rings is 1. The molecule has 0 atom stereocenters. The van der Waals surface area contributed by atoms with Crippen LogP contribution in [0.2, 0.25) is 0 Å². The monoisotopic (exact) mass is 561 g/mol. The zero-order valence-electron chi connectivity index (χ0n) is 23.3. The van der Waals surface area contributed by atoms with E-state index in [1.165, 1.54) is 17.3 Å². The minimum Gasteiger partial charge on any atom is -0.382 e. The van der Waals surface area contributed by atoms with Crippen LogP contribution in [0.15, 0.2) is 42.5 Å². The Morgan fingerprint density at radius 2 is 1.60 bits per heavy atom. The molecular formula is C29H38F3N5O3. The van der Waals surface area contributed by atoms with E-state index in [4.69, 9.17) is 0 Å². The molecule has 4 rings (SSSR count). The van der Waals surface area contributed by atoms with E-state index in [1.54, 1.807) is 0 Å². The summed E-state index contributed by atoms with van der Waals surface area (Å²) >= 11 is 0. The first-order valence-electron chi connectivity index (χ1n) is 13.8. The van der Waals surface area contributed by atoms with Crippen LogP contribution in [0.25, 0.3) is 0 Å². The Labute approximate surface area is 233 Å². The van der Waals surface area contributed by atoms with Crippen LogP contribution in [-0.4, -0.2) is 72.5 Å². The highest BCUT2D eigenvalue weighted by Crippen LogP contribution is 2.38. The number of nitro groups is 1. The van der Waals surface area contributed by atoms with Gasteiger partial charge in [0.2, 0.25) is 5.91 Å². The fourth-order valence-corrected chi connectivity index (χ4v) is 5.35. The number of nitrogens with one attached hydrogen (secondary N) is 1. The minimum absolute atomic E-state index is 0.0416. The summed E-state index contributed by atoms with van der Waals surface area (Å²) in [7, 11) is 0. The molecule has 2 aromatic rings. The predicted octanol–water partition coefficient (Wildman–Crippen LogP) is 5.53. The van der Waals surface area contributed by atoms with Crippen molar-refractivity contribution < 1.29 is 22.9 Å². The van der Waals surface area contributed by atoms with Gasteiger partial charge < -0.3 is 20.0 Å². The summed E-state index contributed by atoms with van der Waals surface area (Å²) in [4.78, 5) is 29.3. The zero-order chi connectivity index (χ0) is 29.1. The van der Waals surface area contributed by atoms with E-state index in [0.29, 0.717) is 38.9 Å². The molecule has 11 heteroatoms. The van der Waals surface area contributed by atoms with Crippen molar-refractivity contribution in [3.05, 3.63) is 63.7 Å². The van der Waals surface area contributed by atoms with E-state index in [2.05, 4.69) is 60.2 Å². The molecule has 0 spiro atoms. The van der Waals surface area contributed by atoms with E-state index < -0.39 is 22.4 Å². The Bertz CT molecular complexity index is 1180. The number of hydrogen-bond acceptors (Lipinski definition) is 6. The largest absolute Gasteiger partial charge is 0.423 e. The first kappa shape index (κ1) is 29.6. The number of alkyl halides is 3. The number of carbonyl (C=O) groups excluding carboxylic acids is 1. The molecule has 0 saturated carbocycles. The van der Waals surface area contributed by atoms with Crippen LogP contribution in [0.3, 0.4) is 0 Å². The Balaban J connectivity index is 1.19. The van der Waals surface area contributed by atoms with Crippen LogP contribution in [0.5, 0.6) is 0 Å². The number of likely N-dealkylation sites (tertiary alicyclic amines) is 1. The fourth-order valence-electron chi connectivity index (χ4n) is 5.35. The molecule has 2 fully saturated rings. The average molecular weight is 562 g/mol. The van der Waals surface area contributed by atoms with Crippen molar-refractivity contribution in [2.75, 3.05) is 56.0 Å². The second kappa shape index (κ2) is 12.0. The third-order valence-corrected chi connectivity index (χ3v) is 7.83. The second-order valence-electron chi connectivity index (χ2n) is 11.7. The Morgan fingerprint density at radius 3 is 2.15 bits per heavy atom. The number of rotatable bonds is 7.